The molecule has 0 spiro atoms. The number of fused-ring (bicyclic) bond motifs is 1. The van der Waals surface area contributed by atoms with E-state index in [1.807, 2.05) is 12.1 Å². The fourth-order valence-corrected chi connectivity index (χ4v) is 1.52. The number of rotatable bonds is 3. The first-order valence-electron chi connectivity index (χ1n) is 5.25. The van der Waals surface area contributed by atoms with Crippen molar-refractivity contribution >= 4 is 11.6 Å². The van der Waals surface area contributed by atoms with Crippen LogP contribution in [-0.2, 0) is 0 Å². The Morgan fingerprint density at radius 3 is 3.13 bits per heavy atom. The van der Waals surface area contributed by atoms with Crippen LogP contribution < -0.4 is 16.0 Å². The van der Waals surface area contributed by atoms with Gasteiger partial charge in [-0.25, -0.2) is 9.37 Å². The predicted molar refractivity (Wildman–Crippen MR) is 57.8 cm³/mol. The van der Waals surface area contributed by atoms with Crippen molar-refractivity contribution in [2.75, 3.05) is 18.4 Å². The molecular formula is C11H14FN3. The number of nitrogens with one attached hydrogen (secondary N) is 1. The summed E-state index contributed by atoms with van der Waals surface area (Å²) in [6.07, 6.45) is 1.40. The van der Waals surface area contributed by atoms with E-state index in [9.17, 15) is 4.39 Å². The molecule has 1 aliphatic heterocycles. The molecule has 0 saturated carbocycles. The topological polar surface area (TPSA) is 37.3 Å². The van der Waals surface area contributed by atoms with Crippen LogP contribution in [0.2, 0.25) is 0 Å². The monoisotopic (exact) mass is 207 g/mol. The van der Waals surface area contributed by atoms with E-state index in [0.29, 0.717) is 23.7 Å². The largest absolute Gasteiger partial charge is 0.370 e. The zero-order chi connectivity index (χ0) is 10.7. The van der Waals surface area contributed by atoms with Gasteiger partial charge in [-0.2, -0.15) is 0 Å². The lowest BCUT2D eigenvalue weighted by Crippen LogP contribution is -2.33. The van der Waals surface area contributed by atoms with Crippen molar-refractivity contribution in [1.82, 2.24) is 4.98 Å². The van der Waals surface area contributed by atoms with Crippen molar-refractivity contribution in [2.24, 2.45) is 4.99 Å². The van der Waals surface area contributed by atoms with Crippen LogP contribution in [0.15, 0.2) is 17.1 Å². The highest BCUT2D eigenvalue weighted by molar-refractivity contribution is 5.40. The Balaban J connectivity index is 2.41. The Morgan fingerprint density at radius 2 is 2.33 bits per heavy atom. The van der Waals surface area contributed by atoms with E-state index in [1.54, 1.807) is 0 Å². The molecule has 0 fully saturated rings. The molecule has 0 amide bonds. The lowest BCUT2D eigenvalue weighted by Gasteiger charge is -2.06. The third kappa shape index (κ3) is 2.14. The maximum absolute atomic E-state index is 13.4. The zero-order valence-corrected chi connectivity index (χ0v) is 8.76. The summed E-state index contributed by atoms with van der Waals surface area (Å²) in [6.45, 7) is 3.46. The van der Waals surface area contributed by atoms with Gasteiger partial charge in [0.15, 0.2) is 0 Å². The van der Waals surface area contributed by atoms with Crippen molar-refractivity contribution in [2.45, 2.75) is 19.8 Å². The summed E-state index contributed by atoms with van der Waals surface area (Å²) in [5, 5.41) is 4.20. The average molecular weight is 207 g/mol. The van der Waals surface area contributed by atoms with Gasteiger partial charge in [0, 0.05) is 19.5 Å². The summed E-state index contributed by atoms with van der Waals surface area (Å²) < 4.78 is 13.4. The second-order valence-electron chi connectivity index (χ2n) is 3.53. The lowest BCUT2D eigenvalue weighted by molar-refractivity contribution is 0.675. The van der Waals surface area contributed by atoms with E-state index < -0.39 is 0 Å². The third-order valence-electron chi connectivity index (χ3n) is 2.30. The van der Waals surface area contributed by atoms with Crippen LogP contribution in [0.1, 0.15) is 19.8 Å². The van der Waals surface area contributed by atoms with Crippen LogP contribution in [0.3, 0.4) is 0 Å². The molecule has 4 heteroatoms. The lowest BCUT2D eigenvalue weighted by atomic mass is 10.2. The average Bonchev–Trinajstić information content (AvgIpc) is 2.27. The first-order chi connectivity index (χ1) is 7.31. The minimum atomic E-state index is -0.153. The number of nitrogens with zero attached hydrogens (tertiary/aromatic N) is 2. The molecule has 0 atom stereocenters. The molecule has 1 aromatic rings. The van der Waals surface area contributed by atoms with Gasteiger partial charge in [-0.05, 0) is 18.6 Å². The van der Waals surface area contributed by atoms with E-state index in [1.165, 1.54) is 0 Å². The minimum Gasteiger partial charge on any atom is -0.370 e. The van der Waals surface area contributed by atoms with Gasteiger partial charge in [-0.1, -0.05) is 6.92 Å². The zero-order valence-electron chi connectivity index (χ0n) is 8.76. The van der Waals surface area contributed by atoms with Gasteiger partial charge in [-0.15, -0.1) is 0 Å². The summed E-state index contributed by atoms with van der Waals surface area (Å²) in [5.41, 5.74) is 0. The highest BCUT2D eigenvalue weighted by Gasteiger charge is 2.06. The summed E-state index contributed by atoms with van der Waals surface area (Å²) >= 11 is 0. The molecule has 1 aromatic heterocycles. The van der Waals surface area contributed by atoms with Gasteiger partial charge >= 0.3 is 0 Å². The molecule has 0 radical (unpaired) electrons. The van der Waals surface area contributed by atoms with E-state index in [0.717, 1.165) is 18.8 Å². The van der Waals surface area contributed by atoms with Gasteiger partial charge in [0.2, 0.25) is 0 Å². The van der Waals surface area contributed by atoms with Crippen molar-refractivity contribution in [3.8, 4) is 0 Å². The van der Waals surface area contributed by atoms with E-state index in [-0.39, 0.29) is 5.83 Å². The number of anilines is 1. The van der Waals surface area contributed by atoms with Crippen LogP contribution in [0.5, 0.6) is 0 Å². The Morgan fingerprint density at radius 1 is 1.47 bits per heavy atom. The highest BCUT2D eigenvalue weighted by atomic mass is 19.1. The number of aromatic nitrogens is 1. The first kappa shape index (κ1) is 10.1. The standard InChI is InChI=1S/C11H14FN3/c1-2-6-14-10-4-3-9-11(15-10)8(12)5-7-13-9/h3-4H,2,5-7H2,1H3,(H,14,15). The minimum absolute atomic E-state index is 0.153. The Labute approximate surface area is 87.8 Å². The summed E-state index contributed by atoms with van der Waals surface area (Å²) in [5.74, 6) is 0.572. The fourth-order valence-electron chi connectivity index (χ4n) is 1.52. The second-order valence-corrected chi connectivity index (χ2v) is 3.53. The molecular weight excluding hydrogens is 193 g/mol. The molecule has 1 aliphatic rings. The first-order valence-corrected chi connectivity index (χ1v) is 5.25. The van der Waals surface area contributed by atoms with Crippen molar-refractivity contribution in [1.29, 1.82) is 0 Å². The van der Waals surface area contributed by atoms with Gasteiger partial charge in [0.1, 0.15) is 17.0 Å². The van der Waals surface area contributed by atoms with Gasteiger partial charge < -0.3 is 5.32 Å². The van der Waals surface area contributed by atoms with Gasteiger partial charge in [0.05, 0.1) is 5.36 Å². The van der Waals surface area contributed by atoms with Crippen LogP contribution in [0.4, 0.5) is 10.2 Å². The quantitative estimate of drug-likeness (QED) is 0.803. The fraction of sp³-hybridized carbons (Fsp3) is 0.455. The highest BCUT2D eigenvalue weighted by Crippen LogP contribution is 2.04. The smallest absolute Gasteiger partial charge is 0.130 e. The number of hydrogen-bond donors (Lipinski definition) is 1. The molecule has 80 valence electrons. The maximum Gasteiger partial charge on any atom is 0.130 e. The van der Waals surface area contributed by atoms with Crippen LogP contribution in [-0.4, -0.2) is 18.1 Å². The molecule has 1 N–H and O–H groups in total. The Hall–Kier alpha value is -1.45. The van der Waals surface area contributed by atoms with E-state index >= 15 is 0 Å². The molecule has 0 aromatic carbocycles. The van der Waals surface area contributed by atoms with E-state index in [2.05, 4.69) is 22.2 Å². The molecule has 0 saturated heterocycles. The molecule has 3 nitrogen and oxygen atoms in total. The van der Waals surface area contributed by atoms with Gasteiger partial charge in [-0.3, -0.25) is 4.99 Å². The molecule has 15 heavy (non-hydrogen) atoms. The Kier molecular flexibility index (Phi) is 2.94. The summed E-state index contributed by atoms with van der Waals surface area (Å²) in [4.78, 5) is 8.43. The maximum atomic E-state index is 13.4. The van der Waals surface area contributed by atoms with Crippen LogP contribution in [0, 0.1) is 0 Å². The van der Waals surface area contributed by atoms with Crippen molar-refractivity contribution < 1.29 is 4.39 Å². The molecule has 2 heterocycles. The van der Waals surface area contributed by atoms with Crippen molar-refractivity contribution in [3.63, 3.8) is 0 Å². The normalized spacial score (nSPS) is 14.4. The molecule has 0 unspecified atom stereocenters. The SMILES string of the molecule is CCCNc1ccc2c(n1)=C(F)CCN=2. The number of hydrogen-bond acceptors (Lipinski definition) is 3. The number of halogens is 1. The molecule has 0 bridgehead atoms. The second kappa shape index (κ2) is 4.38. The van der Waals surface area contributed by atoms with Crippen LogP contribution >= 0.6 is 0 Å². The predicted octanol–water partition coefficient (Wildman–Crippen LogP) is 1.00. The number of pyridine rings is 1. The van der Waals surface area contributed by atoms with E-state index in [4.69, 9.17) is 0 Å². The van der Waals surface area contributed by atoms with Crippen LogP contribution in [0.25, 0.3) is 5.83 Å². The molecule has 2 rings (SSSR count). The summed E-state index contributed by atoms with van der Waals surface area (Å²) in [7, 11) is 0. The molecule has 0 aliphatic carbocycles. The third-order valence-corrected chi connectivity index (χ3v) is 2.30. The van der Waals surface area contributed by atoms with Crippen molar-refractivity contribution in [3.05, 3.63) is 22.8 Å². The summed E-state index contributed by atoms with van der Waals surface area (Å²) in [6, 6.07) is 3.66. The van der Waals surface area contributed by atoms with Gasteiger partial charge in [0.25, 0.3) is 0 Å². The Bertz CT molecular complexity index is 467.